The third-order valence-electron chi connectivity index (χ3n) is 4.80. The third-order valence-corrected chi connectivity index (χ3v) is 4.80. The Balaban J connectivity index is 1.36. The van der Waals surface area contributed by atoms with Crippen molar-refractivity contribution in [3.05, 3.63) is 48.5 Å². The van der Waals surface area contributed by atoms with E-state index in [1.165, 1.54) is 5.69 Å². The largest absolute Gasteiger partial charge is 0.485 e. The number of anilines is 2. The van der Waals surface area contributed by atoms with Gasteiger partial charge in [0.05, 0.1) is 0 Å². The fraction of sp³-hybridized carbons (Fsp3) is 0.350. The van der Waals surface area contributed by atoms with Crippen LogP contribution in [0.25, 0.3) is 0 Å². The molecule has 2 aliphatic heterocycles. The van der Waals surface area contributed by atoms with E-state index in [0.717, 1.165) is 31.9 Å². The van der Waals surface area contributed by atoms with Gasteiger partial charge >= 0.3 is 0 Å². The minimum absolute atomic E-state index is 0.202. The van der Waals surface area contributed by atoms with Gasteiger partial charge in [0.25, 0.3) is 5.91 Å². The zero-order chi connectivity index (χ0) is 17.9. The first-order valence-corrected chi connectivity index (χ1v) is 8.92. The molecule has 6 heteroatoms. The molecule has 136 valence electrons. The van der Waals surface area contributed by atoms with Gasteiger partial charge in [0.1, 0.15) is 6.61 Å². The molecule has 1 unspecified atom stereocenters. The predicted octanol–water partition coefficient (Wildman–Crippen LogP) is 2.22. The van der Waals surface area contributed by atoms with E-state index in [4.69, 9.17) is 9.47 Å². The van der Waals surface area contributed by atoms with Crippen molar-refractivity contribution in [2.45, 2.75) is 6.10 Å². The third kappa shape index (κ3) is 3.60. The average molecular weight is 353 g/mol. The smallest absolute Gasteiger partial charge is 0.269 e. The molecule has 2 aromatic rings. The van der Waals surface area contributed by atoms with Gasteiger partial charge in [0, 0.05) is 37.6 Å². The van der Waals surface area contributed by atoms with Gasteiger partial charge in [-0.3, -0.25) is 4.79 Å². The molecule has 1 amide bonds. The Morgan fingerprint density at radius 3 is 2.42 bits per heavy atom. The van der Waals surface area contributed by atoms with E-state index in [1.807, 2.05) is 30.3 Å². The lowest BCUT2D eigenvalue weighted by Crippen LogP contribution is -2.44. The van der Waals surface area contributed by atoms with Gasteiger partial charge in [-0.1, -0.05) is 12.1 Å². The monoisotopic (exact) mass is 353 g/mol. The molecular weight excluding hydrogens is 330 g/mol. The Kier molecular flexibility index (Phi) is 4.67. The molecule has 4 rings (SSSR count). The molecule has 0 radical (unpaired) electrons. The maximum atomic E-state index is 12.5. The van der Waals surface area contributed by atoms with Crippen molar-refractivity contribution in [2.75, 3.05) is 50.1 Å². The number of carbonyl (C=O) groups excluding carboxylic acids is 1. The van der Waals surface area contributed by atoms with Crippen LogP contribution in [0.5, 0.6) is 11.5 Å². The molecule has 0 saturated carbocycles. The van der Waals surface area contributed by atoms with Gasteiger partial charge in [-0.05, 0) is 43.4 Å². The number of rotatable bonds is 3. The maximum absolute atomic E-state index is 12.5. The number of para-hydroxylation sites is 2. The Morgan fingerprint density at radius 2 is 1.69 bits per heavy atom. The molecule has 1 atom stereocenters. The van der Waals surface area contributed by atoms with E-state index in [1.54, 1.807) is 6.07 Å². The highest BCUT2D eigenvalue weighted by molar-refractivity contribution is 5.94. The Morgan fingerprint density at radius 1 is 1.00 bits per heavy atom. The van der Waals surface area contributed by atoms with E-state index in [-0.39, 0.29) is 12.5 Å². The molecule has 0 aliphatic carbocycles. The number of piperazine rings is 1. The van der Waals surface area contributed by atoms with E-state index >= 15 is 0 Å². The normalized spacial score (nSPS) is 19.9. The predicted molar refractivity (Wildman–Crippen MR) is 101 cm³/mol. The van der Waals surface area contributed by atoms with E-state index in [2.05, 4.69) is 34.3 Å². The van der Waals surface area contributed by atoms with Crippen LogP contribution in [0.1, 0.15) is 0 Å². The fourth-order valence-corrected chi connectivity index (χ4v) is 3.19. The first kappa shape index (κ1) is 16.7. The molecule has 1 N–H and O–H groups in total. The summed E-state index contributed by atoms with van der Waals surface area (Å²) in [5, 5.41) is 2.91. The van der Waals surface area contributed by atoms with E-state index in [0.29, 0.717) is 11.5 Å². The summed E-state index contributed by atoms with van der Waals surface area (Å²) in [5.41, 5.74) is 1.94. The number of likely N-dealkylation sites (N-methyl/N-ethyl adjacent to an activating group) is 1. The molecule has 2 aromatic carbocycles. The van der Waals surface area contributed by atoms with Crippen LogP contribution in [0, 0.1) is 0 Å². The number of nitrogens with zero attached hydrogens (tertiary/aromatic N) is 2. The van der Waals surface area contributed by atoms with Crippen LogP contribution in [0.4, 0.5) is 11.4 Å². The fourth-order valence-electron chi connectivity index (χ4n) is 3.19. The summed E-state index contributed by atoms with van der Waals surface area (Å²) in [5.74, 6) is 1.07. The highest BCUT2D eigenvalue weighted by Gasteiger charge is 2.27. The molecule has 6 nitrogen and oxygen atoms in total. The molecule has 1 saturated heterocycles. The van der Waals surface area contributed by atoms with E-state index in [9.17, 15) is 4.79 Å². The van der Waals surface area contributed by atoms with Crippen molar-refractivity contribution in [1.82, 2.24) is 4.90 Å². The van der Waals surface area contributed by atoms with Crippen LogP contribution in [-0.4, -0.2) is 56.7 Å². The Bertz CT molecular complexity index is 770. The van der Waals surface area contributed by atoms with Gasteiger partial charge in [0.15, 0.2) is 11.5 Å². The van der Waals surface area contributed by atoms with Crippen LogP contribution in [-0.2, 0) is 4.79 Å². The van der Waals surface area contributed by atoms with Crippen molar-refractivity contribution >= 4 is 17.3 Å². The lowest BCUT2D eigenvalue weighted by atomic mass is 10.2. The van der Waals surface area contributed by atoms with Gasteiger partial charge < -0.3 is 24.6 Å². The number of carbonyl (C=O) groups is 1. The minimum atomic E-state index is -0.651. The number of ether oxygens (including phenoxy) is 2. The highest BCUT2D eigenvalue weighted by Crippen LogP contribution is 2.31. The number of hydrogen-bond acceptors (Lipinski definition) is 5. The Labute approximate surface area is 153 Å². The second kappa shape index (κ2) is 7.25. The molecule has 2 aliphatic rings. The summed E-state index contributed by atoms with van der Waals surface area (Å²) in [7, 11) is 2.14. The van der Waals surface area contributed by atoms with Crippen molar-refractivity contribution in [3.8, 4) is 11.5 Å². The van der Waals surface area contributed by atoms with Gasteiger partial charge in [-0.15, -0.1) is 0 Å². The number of fused-ring (bicyclic) bond motifs is 1. The molecule has 1 fully saturated rings. The van der Waals surface area contributed by atoms with Gasteiger partial charge in [0.2, 0.25) is 6.10 Å². The van der Waals surface area contributed by atoms with Crippen molar-refractivity contribution < 1.29 is 14.3 Å². The minimum Gasteiger partial charge on any atom is -0.485 e. The quantitative estimate of drug-likeness (QED) is 0.917. The number of hydrogen-bond donors (Lipinski definition) is 1. The Hall–Kier alpha value is -2.73. The summed E-state index contributed by atoms with van der Waals surface area (Å²) in [4.78, 5) is 17.2. The molecule has 2 heterocycles. The van der Waals surface area contributed by atoms with Crippen molar-refractivity contribution in [3.63, 3.8) is 0 Å². The topological polar surface area (TPSA) is 54.0 Å². The van der Waals surface area contributed by atoms with Crippen molar-refractivity contribution in [2.24, 2.45) is 0 Å². The number of nitrogens with one attached hydrogen (secondary N) is 1. The van der Waals surface area contributed by atoms with Crippen LogP contribution < -0.4 is 19.7 Å². The summed E-state index contributed by atoms with van der Waals surface area (Å²) >= 11 is 0. The summed E-state index contributed by atoms with van der Waals surface area (Å²) in [6, 6.07) is 15.3. The molecule has 0 bridgehead atoms. The van der Waals surface area contributed by atoms with Crippen LogP contribution in [0.2, 0.25) is 0 Å². The molecule has 26 heavy (non-hydrogen) atoms. The maximum Gasteiger partial charge on any atom is 0.269 e. The highest BCUT2D eigenvalue weighted by atomic mass is 16.6. The SMILES string of the molecule is CN1CCN(c2ccc(NC(=O)C3COc4ccccc4O3)cc2)CC1. The molecule has 0 spiro atoms. The molecular formula is C20H23N3O3. The zero-order valence-electron chi connectivity index (χ0n) is 14.9. The van der Waals surface area contributed by atoms with E-state index < -0.39 is 6.10 Å². The lowest BCUT2D eigenvalue weighted by Gasteiger charge is -2.34. The van der Waals surface area contributed by atoms with Crippen LogP contribution in [0.3, 0.4) is 0 Å². The van der Waals surface area contributed by atoms with Gasteiger partial charge in [-0.2, -0.15) is 0 Å². The van der Waals surface area contributed by atoms with Crippen LogP contribution in [0.15, 0.2) is 48.5 Å². The van der Waals surface area contributed by atoms with Crippen molar-refractivity contribution in [1.29, 1.82) is 0 Å². The zero-order valence-corrected chi connectivity index (χ0v) is 14.9. The lowest BCUT2D eigenvalue weighted by molar-refractivity contribution is -0.125. The number of amides is 1. The second-order valence-electron chi connectivity index (χ2n) is 6.69. The number of benzene rings is 2. The summed E-state index contributed by atoms with van der Waals surface area (Å²) < 4.78 is 11.4. The first-order valence-electron chi connectivity index (χ1n) is 8.92. The molecule has 0 aromatic heterocycles. The first-order chi connectivity index (χ1) is 12.7. The average Bonchev–Trinajstić information content (AvgIpc) is 2.69. The summed E-state index contributed by atoms with van der Waals surface area (Å²) in [6.45, 7) is 4.39. The summed E-state index contributed by atoms with van der Waals surface area (Å²) in [6.07, 6.45) is -0.651. The standard InChI is InChI=1S/C20H23N3O3/c1-22-10-12-23(13-11-22)16-8-6-15(7-9-16)21-20(24)19-14-25-17-4-2-3-5-18(17)26-19/h2-9,19H,10-14H2,1H3,(H,21,24). The van der Waals surface area contributed by atoms with Gasteiger partial charge in [-0.25, -0.2) is 0 Å². The van der Waals surface area contributed by atoms with Crippen LogP contribution >= 0.6 is 0 Å². The second-order valence-corrected chi connectivity index (χ2v) is 6.69.